The van der Waals surface area contributed by atoms with E-state index in [2.05, 4.69) is 0 Å². The summed E-state index contributed by atoms with van der Waals surface area (Å²) in [6.07, 6.45) is 0. The molecule has 7 nitrogen and oxygen atoms in total. The Morgan fingerprint density at radius 3 is 2.05 bits per heavy atom. The zero-order chi connectivity index (χ0) is 15.3. The lowest BCUT2D eigenvalue weighted by Gasteiger charge is -2.27. The number of hydrogen-bond acceptors (Lipinski definition) is 4. The molecular weight excluding hydrogens is 316 g/mol. The number of nitrogens with one attached hydrogen (secondary N) is 1. The second-order valence-electron chi connectivity index (χ2n) is 3.91. The lowest BCUT2D eigenvalue weighted by molar-refractivity contribution is 0.0907. The Morgan fingerprint density at radius 1 is 1.19 bits per heavy atom. The van der Waals surface area contributed by atoms with Crippen LogP contribution < -0.4 is 5.73 Å². The van der Waals surface area contributed by atoms with Gasteiger partial charge in [0.15, 0.2) is 0 Å². The van der Waals surface area contributed by atoms with Gasteiger partial charge >= 0.3 is 10.2 Å². The van der Waals surface area contributed by atoms with E-state index in [4.69, 9.17) is 11.1 Å². The standard InChI is InChI=1S/C12H18N4O3S.ClH/c1-3-15(4-2)20(18,19)16(12(13)14)11(17)10-8-6-5-7-9-10;/h5-9H,3-4H2,1-2H3,(H3,13,14);1H. The van der Waals surface area contributed by atoms with Crippen LogP contribution in [0, 0.1) is 5.41 Å². The fraction of sp³-hybridized carbons (Fsp3) is 0.333. The molecule has 0 bridgehead atoms. The van der Waals surface area contributed by atoms with Crippen molar-refractivity contribution < 1.29 is 13.2 Å². The highest BCUT2D eigenvalue weighted by Gasteiger charge is 2.34. The molecule has 0 atom stereocenters. The van der Waals surface area contributed by atoms with Crippen LogP contribution in [0.3, 0.4) is 0 Å². The fourth-order valence-electron chi connectivity index (χ4n) is 1.70. The summed E-state index contributed by atoms with van der Waals surface area (Å²) >= 11 is 0. The van der Waals surface area contributed by atoms with Gasteiger partial charge in [-0.05, 0) is 12.1 Å². The van der Waals surface area contributed by atoms with Crippen molar-refractivity contribution in [3.8, 4) is 0 Å². The topological polar surface area (TPSA) is 108 Å². The van der Waals surface area contributed by atoms with Gasteiger partial charge in [-0.2, -0.15) is 17.0 Å². The van der Waals surface area contributed by atoms with E-state index in [9.17, 15) is 13.2 Å². The number of hydrogen-bond donors (Lipinski definition) is 2. The van der Waals surface area contributed by atoms with Crippen molar-refractivity contribution in [1.29, 1.82) is 5.41 Å². The van der Waals surface area contributed by atoms with Crippen molar-refractivity contribution in [3.05, 3.63) is 35.9 Å². The van der Waals surface area contributed by atoms with Crippen LogP contribution in [-0.2, 0) is 10.2 Å². The fourth-order valence-corrected chi connectivity index (χ4v) is 3.15. The van der Waals surface area contributed by atoms with Crippen LogP contribution in [0.4, 0.5) is 0 Å². The Kier molecular flexibility index (Phi) is 7.34. The summed E-state index contributed by atoms with van der Waals surface area (Å²) in [5, 5.41) is 7.41. The quantitative estimate of drug-likeness (QED) is 0.619. The molecular formula is C12H19ClN4O3S. The van der Waals surface area contributed by atoms with E-state index in [0.29, 0.717) is 4.31 Å². The van der Waals surface area contributed by atoms with Crippen molar-refractivity contribution >= 4 is 34.5 Å². The van der Waals surface area contributed by atoms with E-state index in [1.54, 1.807) is 32.0 Å². The average molecular weight is 335 g/mol. The number of nitrogens with zero attached hydrogens (tertiary/aromatic N) is 2. The highest BCUT2D eigenvalue weighted by molar-refractivity contribution is 7.87. The molecule has 0 heterocycles. The third-order valence-corrected chi connectivity index (χ3v) is 4.68. The molecule has 1 amide bonds. The summed E-state index contributed by atoms with van der Waals surface area (Å²) in [5.74, 6) is -1.67. The Hall–Kier alpha value is -1.64. The van der Waals surface area contributed by atoms with Gasteiger partial charge in [-0.15, -0.1) is 12.4 Å². The van der Waals surface area contributed by atoms with Gasteiger partial charge in [0.2, 0.25) is 5.96 Å². The molecule has 0 radical (unpaired) electrons. The average Bonchev–Trinajstić information content (AvgIpc) is 2.40. The molecule has 0 fully saturated rings. The van der Waals surface area contributed by atoms with Crippen LogP contribution in [0.1, 0.15) is 24.2 Å². The molecule has 3 N–H and O–H groups in total. The van der Waals surface area contributed by atoms with Crippen molar-refractivity contribution in [2.75, 3.05) is 13.1 Å². The minimum atomic E-state index is -4.14. The van der Waals surface area contributed by atoms with E-state index in [0.717, 1.165) is 4.31 Å². The molecule has 0 aliphatic carbocycles. The molecule has 118 valence electrons. The van der Waals surface area contributed by atoms with Gasteiger partial charge in [0.25, 0.3) is 5.91 Å². The van der Waals surface area contributed by atoms with Gasteiger partial charge in [-0.3, -0.25) is 10.2 Å². The van der Waals surface area contributed by atoms with Gasteiger partial charge in [0, 0.05) is 18.7 Å². The SMILES string of the molecule is CCN(CC)S(=O)(=O)N(C(=N)N)C(=O)c1ccccc1.Cl. The molecule has 0 aliphatic rings. The molecule has 0 saturated carbocycles. The Labute approximate surface area is 130 Å². The van der Waals surface area contributed by atoms with E-state index in [1.807, 2.05) is 0 Å². The first-order valence-corrected chi connectivity index (χ1v) is 7.49. The van der Waals surface area contributed by atoms with Gasteiger partial charge < -0.3 is 5.73 Å². The second kappa shape index (κ2) is 7.96. The van der Waals surface area contributed by atoms with Crippen molar-refractivity contribution in [3.63, 3.8) is 0 Å². The molecule has 0 aromatic heterocycles. The number of amides is 1. The monoisotopic (exact) mass is 334 g/mol. The predicted octanol–water partition coefficient (Wildman–Crippen LogP) is 1.03. The molecule has 0 saturated heterocycles. The largest absolute Gasteiger partial charge is 0.369 e. The van der Waals surface area contributed by atoms with Crippen molar-refractivity contribution in [1.82, 2.24) is 8.61 Å². The van der Waals surface area contributed by atoms with Crippen LogP contribution in [0.2, 0.25) is 0 Å². The number of guanidine groups is 1. The molecule has 1 rings (SSSR count). The predicted molar refractivity (Wildman–Crippen MR) is 83.6 cm³/mol. The molecule has 9 heteroatoms. The van der Waals surface area contributed by atoms with Crippen LogP contribution in [0.25, 0.3) is 0 Å². The van der Waals surface area contributed by atoms with E-state index < -0.39 is 22.1 Å². The summed E-state index contributed by atoms with van der Waals surface area (Å²) in [6.45, 7) is 3.66. The van der Waals surface area contributed by atoms with Crippen molar-refractivity contribution in [2.45, 2.75) is 13.8 Å². The first-order valence-electron chi connectivity index (χ1n) is 6.10. The molecule has 1 aromatic rings. The van der Waals surface area contributed by atoms with Gasteiger partial charge in [-0.25, -0.2) is 0 Å². The van der Waals surface area contributed by atoms with Crippen LogP contribution in [-0.4, -0.2) is 42.0 Å². The molecule has 1 aromatic carbocycles. The van der Waals surface area contributed by atoms with E-state index >= 15 is 0 Å². The summed E-state index contributed by atoms with van der Waals surface area (Å²) in [5.41, 5.74) is 5.44. The third kappa shape index (κ3) is 4.16. The van der Waals surface area contributed by atoms with Crippen LogP contribution >= 0.6 is 12.4 Å². The minimum Gasteiger partial charge on any atom is -0.369 e. The summed E-state index contributed by atoms with van der Waals surface area (Å²) in [7, 11) is -4.14. The Balaban J connectivity index is 0.00000400. The number of rotatable bonds is 5. The third-order valence-electron chi connectivity index (χ3n) is 2.69. The maximum absolute atomic E-state index is 12.4. The molecule has 0 unspecified atom stereocenters. The van der Waals surface area contributed by atoms with Gasteiger partial charge in [0.1, 0.15) is 0 Å². The van der Waals surface area contributed by atoms with Crippen LogP contribution in [0.15, 0.2) is 30.3 Å². The highest BCUT2D eigenvalue weighted by atomic mass is 35.5. The lowest BCUT2D eigenvalue weighted by Crippen LogP contribution is -2.52. The number of carbonyl (C=O) groups excluding carboxylic acids is 1. The van der Waals surface area contributed by atoms with Gasteiger partial charge in [-0.1, -0.05) is 32.0 Å². The zero-order valence-corrected chi connectivity index (χ0v) is 13.4. The number of halogens is 1. The lowest BCUT2D eigenvalue weighted by atomic mass is 10.2. The maximum Gasteiger partial charge on any atom is 0.313 e. The first-order chi connectivity index (χ1) is 9.36. The van der Waals surface area contributed by atoms with Crippen LogP contribution in [0.5, 0.6) is 0 Å². The number of benzene rings is 1. The minimum absolute atomic E-state index is 0. The first kappa shape index (κ1) is 19.4. The number of nitrogens with two attached hydrogens (primary N) is 1. The molecule has 0 spiro atoms. The second-order valence-corrected chi connectivity index (χ2v) is 5.69. The maximum atomic E-state index is 12.4. The smallest absolute Gasteiger partial charge is 0.313 e. The normalized spacial score (nSPS) is 10.8. The van der Waals surface area contributed by atoms with Gasteiger partial charge in [0.05, 0.1) is 0 Å². The van der Waals surface area contributed by atoms with Crippen molar-refractivity contribution in [2.24, 2.45) is 5.73 Å². The summed E-state index contributed by atoms with van der Waals surface area (Å²) in [4.78, 5) is 12.3. The van der Waals surface area contributed by atoms with E-state index in [-0.39, 0.29) is 31.1 Å². The number of carbonyl (C=O) groups is 1. The van der Waals surface area contributed by atoms with E-state index in [1.165, 1.54) is 12.1 Å². The summed E-state index contributed by atoms with van der Waals surface area (Å²) < 4.78 is 26.1. The highest BCUT2D eigenvalue weighted by Crippen LogP contribution is 2.13. The molecule has 0 aliphatic heterocycles. The summed E-state index contributed by atoms with van der Waals surface area (Å²) in [6, 6.07) is 7.85. The molecule has 21 heavy (non-hydrogen) atoms. The zero-order valence-electron chi connectivity index (χ0n) is 11.8. The Bertz CT molecular complexity index is 588. The Morgan fingerprint density at radius 2 is 1.67 bits per heavy atom.